The first kappa shape index (κ1) is 29.9. The number of hydrogen-bond acceptors (Lipinski definition) is 3. The van der Waals surface area contributed by atoms with E-state index in [2.05, 4.69) is 53.8 Å². The largest absolute Gasteiger partial charge is 0.481 e. The van der Waals surface area contributed by atoms with Crippen molar-refractivity contribution < 1.29 is 14.7 Å². The lowest BCUT2D eigenvalue weighted by Crippen LogP contribution is -2.25. The Morgan fingerprint density at radius 3 is 2.05 bits per heavy atom. The predicted molar refractivity (Wildman–Crippen MR) is 166 cm³/mol. The molecule has 0 aromatic heterocycles. The minimum Gasteiger partial charge on any atom is -0.481 e. The number of unbranched alkanes of at least 4 members (excludes halogenated alkanes) is 4. The summed E-state index contributed by atoms with van der Waals surface area (Å²) < 4.78 is 0. The zero-order valence-corrected chi connectivity index (χ0v) is 24.4. The van der Waals surface area contributed by atoms with Gasteiger partial charge in [-0.2, -0.15) is 0 Å². The highest BCUT2D eigenvalue weighted by atomic mass is 32.2. The van der Waals surface area contributed by atoms with Crippen LogP contribution in [0.5, 0.6) is 0 Å². The van der Waals surface area contributed by atoms with Gasteiger partial charge in [0, 0.05) is 17.0 Å². The topological polar surface area (TPSA) is 66.4 Å². The van der Waals surface area contributed by atoms with Crippen LogP contribution in [-0.2, 0) is 11.2 Å². The molecule has 0 spiro atoms. The van der Waals surface area contributed by atoms with Crippen LogP contribution in [-0.4, -0.2) is 29.3 Å². The third-order valence-electron chi connectivity index (χ3n) is 7.89. The smallest absolute Gasteiger partial charge is 0.305 e. The van der Waals surface area contributed by atoms with E-state index in [1.54, 1.807) is 0 Å². The van der Waals surface area contributed by atoms with Gasteiger partial charge in [-0.05, 0) is 90.3 Å². The van der Waals surface area contributed by atoms with E-state index in [0.717, 1.165) is 24.5 Å². The average molecular weight is 558 g/mol. The number of carboxylic acids is 1. The fourth-order valence-electron chi connectivity index (χ4n) is 5.49. The van der Waals surface area contributed by atoms with Gasteiger partial charge in [0.2, 0.25) is 0 Å². The molecule has 40 heavy (non-hydrogen) atoms. The van der Waals surface area contributed by atoms with Crippen LogP contribution in [0.2, 0.25) is 0 Å². The number of carbonyl (C=O) groups is 2. The standard InChI is InChI=1S/C35H43NO3S/c37-34(38)24-25-36-35(39)32-14-12-27(13-15-32)9-5-2-1-3-8-26-40-33-22-20-31(21-23-33)30-18-16-29(17-19-30)28-10-6-4-7-11-28/h12-23,28H,1-11,24-26H2,(H,36,39)(H,37,38). The maximum atomic E-state index is 12.0. The molecule has 1 amide bonds. The predicted octanol–water partition coefficient (Wildman–Crippen LogP) is 8.89. The zero-order chi connectivity index (χ0) is 28.0. The number of hydrogen-bond donors (Lipinski definition) is 2. The molecule has 3 aromatic rings. The van der Waals surface area contributed by atoms with Gasteiger partial charge in [0.05, 0.1) is 6.42 Å². The summed E-state index contributed by atoms with van der Waals surface area (Å²) >= 11 is 1.95. The third-order valence-corrected chi connectivity index (χ3v) is 8.99. The summed E-state index contributed by atoms with van der Waals surface area (Å²) in [5.74, 6) is 0.789. The maximum absolute atomic E-state index is 12.0. The fourth-order valence-corrected chi connectivity index (χ4v) is 6.40. The van der Waals surface area contributed by atoms with Crippen molar-refractivity contribution >= 4 is 23.6 Å². The number of amides is 1. The molecule has 0 radical (unpaired) electrons. The number of carboxylic acid groups (broad SMARTS) is 1. The van der Waals surface area contributed by atoms with Crippen LogP contribution >= 0.6 is 11.8 Å². The van der Waals surface area contributed by atoms with E-state index in [1.165, 1.54) is 84.9 Å². The third kappa shape index (κ3) is 9.85. The van der Waals surface area contributed by atoms with Crippen molar-refractivity contribution in [2.24, 2.45) is 0 Å². The number of nitrogens with one attached hydrogen (secondary N) is 1. The first-order valence-corrected chi connectivity index (χ1v) is 16.0. The molecule has 1 saturated carbocycles. The van der Waals surface area contributed by atoms with Crippen molar-refractivity contribution in [2.45, 2.75) is 87.9 Å². The van der Waals surface area contributed by atoms with Crippen LogP contribution in [0.3, 0.4) is 0 Å². The molecule has 212 valence electrons. The van der Waals surface area contributed by atoms with Crippen LogP contribution in [0.1, 0.15) is 98.0 Å². The zero-order valence-electron chi connectivity index (χ0n) is 23.6. The monoisotopic (exact) mass is 557 g/mol. The molecule has 2 N–H and O–H groups in total. The van der Waals surface area contributed by atoms with Gasteiger partial charge in [-0.3, -0.25) is 9.59 Å². The van der Waals surface area contributed by atoms with E-state index >= 15 is 0 Å². The lowest BCUT2D eigenvalue weighted by atomic mass is 9.84. The average Bonchev–Trinajstić information content (AvgIpc) is 2.99. The molecule has 5 heteroatoms. The molecular weight excluding hydrogens is 514 g/mol. The summed E-state index contributed by atoms with van der Waals surface area (Å²) in [5.41, 5.74) is 5.94. The number of thioether (sulfide) groups is 1. The number of aliphatic carboxylic acids is 1. The Hall–Kier alpha value is -3.05. The van der Waals surface area contributed by atoms with E-state index in [1.807, 2.05) is 36.0 Å². The van der Waals surface area contributed by atoms with Crippen molar-refractivity contribution in [1.82, 2.24) is 5.32 Å². The highest BCUT2D eigenvalue weighted by molar-refractivity contribution is 7.99. The Morgan fingerprint density at radius 2 is 1.38 bits per heavy atom. The second kappa shape index (κ2) is 16.3. The minimum atomic E-state index is -0.912. The Morgan fingerprint density at radius 1 is 0.750 bits per heavy atom. The first-order chi connectivity index (χ1) is 19.6. The molecule has 0 atom stereocenters. The molecule has 0 heterocycles. The van der Waals surface area contributed by atoms with Gasteiger partial charge >= 0.3 is 5.97 Å². The van der Waals surface area contributed by atoms with Gasteiger partial charge in [-0.25, -0.2) is 0 Å². The van der Waals surface area contributed by atoms with E-state index in [9.17, 15) is 9.59 Å². The molecule has 0 bridgehead atoms. The second-order valence-electron chi connectivity index (χ2n) is 10.9. The van der Waals surface area contributed by atoms with Crippen LogP contribution in [0.4, 0.5) is 0 Å². The molecule has 4 rings (SSSR count). The van der Waals surface area contributed by atoms with Gasteiger partial charge in [-0.15, -0.1) is 11.8 Å². The van der Waals surface area contributed by atoms with Gasteiger partial charge < -0.3 is 10.4 Å². The second-order valence-corrected chi connectivity index (χ2v) is 12.1. The Kier molecular flexibility index (Phi) is 12.2. The molecule has 1 aliphatic rings. The normalized spacial score (nSPS) is 13.7. The molecule has 4 nitrogen and oxygen atoms in total. The van der Waals surface area contributed by atoms with Crippen LogP contribution < -0.4 is 5.32 Å². The van der Waals surface area contributed by atoms with Crippen molar-refractivity contribution in [1.29, 1.82) is 0 Å². The van der Waals surface area contributed by atoms with Crippen LogP contribution in [0.15, 0.2) is 77.7 Å². The quantitative estimate of drug-likeness (QED) is 0.145. The number of carbonyl (C=O) groups excluding carboxylic acids is 1. The van der Waals surface area contributed by atoms with Gasteiger partial charge in [0.15, 0.2) is 0 Å². The van der Waals surface area contributed by atoms with Gasteiger partial charge in [0.25, 0.3) is 5.91 Å². The Balaban J connectivity index is 1.06. The van der Waals surface area contributed by atoms with Crippen molar-refractivity contribution in [3.8, 4) is 11.1 Å². The molecule has 0 aliphatic heterocycles. The maximum Gasteiger partial charge on any atom is 0.305 e. The van der Waals surface area contributed by atoms with Crippen molar-refractivity contribution in [3.63, 3.8) is 0 Å². The molecule has 1 aliphatic carbocycles. The van der Waals surface area contributed by atoms with E-state index in [4.69, 9.17) is 5.11 Å². The molecule has 0 saturated heterocycles. The van der Waals surface area contributed by atoms with Gasteiger partial charge in [-0.1, -0.05) is 87.1 Å². The number of benzene rings is 3. The Bertz CT molecular complexity index is 1180. The lowest BCUT2D eigenvalue weighted by Gasteiger charge is -2.22. The molecular formula is C35H43NO3S. The van der Waals surface area contributed by atoms with Crippen LogP contribution in [0, 0.1) is 0 Å². The summed E-state index contributed by atoms with van der Waals surface area (Å²) in [6.07, 6.45) is 13.9. The number of rotatable bonds is 15. The minimum absolute atomic E-state index is 0.0643. The van der Waals surface area contributed by atoms with Gasteiger partial charge in [0.1, 0.15) is 0 Å². The fraction of sp³-hybridized carbons (Fsp3) is 0.429. The summed E-state index contributed by atoms with van der Waals surface area (Å²) in [6.45, 7) is 0.149. The molecule has 0 unspecified atom stereocenters. The van der Waals surface area contributed by atoms with E-state index < -0.39 is 5.97 Å². The highest BCUT2D eigenvalue weighted by Crippen LogP contribution is 2.34. The lowest BCUT2D eigenvalue weighted by molar-refractivity contribution is -0.136. The van der Waals surface area contributed by atoms with Crippen LogP contribution in [0.25, 0.3) is 11.1 Å². The summed E-state index contributed by atoms with van der Waals surface area (Å²) in [5, 5.41) is 11.3. The SMILES string of the molecule is O=C(O)CCNC(=O)c1ccc(CCCCCCCSc2ccc(-c3ccc(C4CCCCC4)cc3)cc2)cc1. The summed E-state index contributed by atoms with van der Waals surface area (Å²) in [7, 11) is 0. The number of aryl methyl sites for hydroxylation is 1. The Labute approximate surface area is 244 Å². The van der Waals surface area contributed by atoms with Crippen molar-refractivity contribution in [3.05, 3.63) is 89.5 Å². The first-order valence-electron chi connectivity index (χ1n) is 15.0. The van der Waals surface area contributed by atoms with E-state index in [-0.39, 0.29) is 18.9 Å². The molecule has 3 aromatic carbocycles. The summed E-state index contributed by atoms with van der Waals surface area (Å²) in [6, 6.07) is 26.0. The van der Waals surface area contributed by atoms with E-state index in [0.29, 0.717) is 5.56 Å². The molecule has 1 fully saturated rings. The summed E-state index contributed by atoms with van der Waals surface area (Å²) in [4.78, 5) is 23.9. The highest BCUT2D eigenvalue weighted by Gasteiger charge is 2.15. The van der Waals surface area contributed by atoms with Crippen molar-refractivity contribution in [2.75, 3.05) is 12.3 Å².